The van der Waals surface area contributed by atoms with Gasteiger partial charge in [-0.1, -0.05) is 17.3 Å². The minimum Gasteiger partial charge on any atom is -0.468 e. The van der Waals surface area contributed by atoms with Gasteiger partial charge in [-0.25, -0.2) is 4.39 Å². The van der Waals surface area contributed by atoms with Crippen molar-refractivity contribution < 1.29 is 23.2 Å². The molecule has 0 aliphatic heterocycles. The van der Waals surface area contributed by atoms with Crippen molar-refractivity contribution >= 4 is 23.6 Å². The Hall–Kier alpha value is -3.20. The molecule has 0 aliphatic carbocycles. The summed E-state index contributed by atoms with van der Waals surface area (Å²) in [4.78, 5) is 29.4. The van der Waals surface area contributed by atoms with Crippen LogP contribution < -0.4 is 5.32 Å². The van der Waals surface area contributed by atoms with Crippen LogP contribution in [0.25, 0.3) is 11.4 Å². The van der Waals surface area contributed by atoms with Gasteiger partial charge in [-0.15, -0.1) is 11.8 Å². The zero-order valence-electron chi connectivity index (χ0n) is 16.6. The molecule has 2 aromatic carbocycles. The number of hydrogen-bond acceptors (Lipinski definition) is 7. The van der Waals surface area contributed by atoms with Crippen LogP contribution in [0.15, 0.2) is 57.9 Å². The van der Waals surface area contributed by atoms with Gasteiger partial charge in [-0.2, -0.15) is 4.98 Å². The molecule has 0 saturated heterocycles. The van der Waals surface area contributed by atoms with E-state index in [4.69, 9.17) is 9.26 Å². The van der Waals surface area contributed by atoms with Gasteiger partial charge in [0.25, 0.3) is 5.91 Å². The first-order chi connectivity index (χ1) is 14.4. The maximum absolute atomic E-state index is 13.1. The van der Waals surface area contributed by atoms with E-state index in [1.54, 1.807) is 50.2 Å². The molecule has 3 aromatic rings. The van der Waals surface area contributed by atoms with E-state index in [0.29, 0.717) is 21.8 Å². The summed E-state index contributed by atoms with van der Waals surface area (Å²) >= 11 is 1.24. The standard InChI is InChI=1S/C21H20FN3O4S/c1-12(20-24-18(25-29-20)14-8-10-15(22)11-9-14)23-19(26)16-6-4-5-7-17(16)30-13(2)21(27)28-3/h4-13H,1-3H3,(H,23,26). The third-order valence-electron chi connectivity index (χ3n) is 4.23. The van der Waals surface area contributed by atoms with Gasteiger partial charge >= 0.3 is 5.97 Å². The van der Waals surface area contributed by atoms with E-state index in [-0.39, 0.29) is 23.6 Å². The van der Waals surface area contributed by atoms with Crippen molar-refractivity contribution in [3.05, 3.63) is 65.8 Å². The van der Waals surface area contributed by atoms with E-state index in [0.717, 1.165) is 0 Å². The fourth-order valence-electron chi connectivity index (χ4n) is 2.62. The van der Waals surface area contributed by atoms with Crippen molar-refractivity contribution in [2.75, 3.05) is 7.11 Å². The van der Waals surface area contributed by atoms with E-state index in [1.165, 1.54) is 31.0 Å². The second-order valence-corrected chi connectivity index (χ2v) is 7.82. The first-order valence-corrected chi connectivity index (χ1v) is 10.0. The molecule has 1 amide bonds. The van der Waals surface area contributed by atoms with Crippen LogP contribution in [-0.4, -0.2) is 34.4 Å². The highest BCUT2D eigenvalue weighted by atomic mass is 32.2. The summed E-state index contributed by atoms with van der Waals surface area (Å²) in [5.74, 6) is -0.558. The van der Waals surface area contributed by atoms with Crippen LogP contribution in [0.3, 0.4) is 0 Å². The topological polar surface area (TPSA) is 94.3 Å². The predicted octanol–water partition coefficient (Wildman–Crippen LogP) is 4.02. The molecule has 1 heterocycles. The average molecular weight is 429 g/mol. The number of halogens is 1. The van der Waals surface area contributed by atoms with Gasteiger partial charge in [0, 0.05) is 10.5 Å². The minimum atomic E-state index is -0.560. The third kappa shape index (κ3) is 5.04. The second-order valence-electron chi connectivity index (χ2n) is 6.44. The van der Waals surface area contributed by atoms with E-state index in [2.05, 4.69) is 15.5 Å². The lowest BCUT2D eigenvalue weighted by Crippen LogP contribution is -2.27. The summed E-state index contributed by atoms with van der Waals surface area (Å²) in [5, 5.41) is 6.24. The fraction of sp³-hybridized carbons (Fsp3) is 0.238. The SMILES string of the molecule is COC(=O)C(C)Sc1ccccc1C(=O)NC(C)c1nc(-c2ccc(F)cc2)no1. The summed E-state index contributed by atoms with van der Waals surface area (Å²) in [5.41, 5.74) is 1.02. The largest absolute Gasteiger partial charge is 0.468 e. The van der Waals surface area contributed by atoms with Crippen LogP contribution in [0.2, 0.25) is 0 Å². The molecule has 2 atom stereocenters. The second kappa shape index (κ2) is 9.53. The number of rotatable bonds is 7. The van der Waals surface area contributed by atoms with Gasteiger partial charge in [0.15, 0.2) is 0 Å². The highest BCUT2D eigenvalue weighted by molar-refractivity contribution is 8.00. The number of benzene rings is 2. The van der Waals surface area contributed by atoms with Crippen molar-refractivity contribution in [3.8, 4) is 11.4 Å². The van der Waals surface area contributed by atoms with Crippen molar-refractivity contribution in [1.82, 2.24) is 15.5 Å². The Morgan fingerprint density at radius 3 is 2.53 bits per heavy atom. The number of esters is 1. The first kappa shape index (κ1) is 21.5. The maximum Gasteiger partial charge on any atom is 0.318 e. The first-order valence-electron chi connectivity index (χ1n) is 9.13. The van der Waals surface area contributed by atoms with Crippen molar-refractivity contribution in [2.24, 2.45) is 0 Å². The van der Waals surface area contributed by atoms with Crippen LogP contribution in [0, 0.1) is 5.82 Å². The number of carbonyl (C=O) groups excluding carboxylic acids is 2. The normalized spacial score (nSPS) is 12.8. The Kier molecular flexibility index (Phi) is 6.83. The molecule has 30 heavy (non-hydrogen) atoms. The molecule has 0 radical (unpaired) electrons. The van der Waals surface area contributed by atoms with Gasteiger partial charge in [0.05, 0.1) is 12.7 Å². The Balaban J connectivity index is 1.72. The van der Waals surface area contributed by atoms with Gasteiger partial charge in [0.1, 0.15) is 17.1 Å². The summed E-state index contributed by atoms with van der Waals surface area (Å²) in [6, 6.07) is 12.1. The highest BCUT2D eigenvalue weighted by Crippen LogP contribution is 2.28. The van der Waals surface area contributed by atoms with Crippen LogP contribution in [0.1, 0.15) is 36.1 Å². The van der Waals surface area contributed by atoms with Crippen molar-refractivity contribution in [2.45, 2.75) is 30.0 Å². The molecular weight excluding hydrogens is 409 g/mol. The summed E-state index contributed by atoms with van der Waals surface area (Å²) in [6.07, 6.45) is 0. The highest BCUT2D eigenvalue weighted by Gasteiger charge is 2.22. The Bertz CT molecular complexity index is 1040. The monoisotopic (exact) mass is 429 g/mol. The zero-order chi connectivity index (χ0) is 21.7. The molecule has 156 valence electrons. The van der Waals surface area contributed by atoms with Crippen LogP contribution in [0.5, 0.6) is 0 Å². The molecule has 0 fully saturated rings. The molecule has 1 aromatic heterocycles. The van der Waals surface area contributed by atoms with Crippen molar-refractivity contribution in [1.29, 1.82) is 0 Å². The maximum atomic E-state index is 13.1. The molecule has 0 aliphatic rings. The number of hydrogen-bond donors (Lipinski definition) is 1. The molecule has 9 heteroatoms. The molecule has 3 rings (SSSR count). The van der Waals surface area contributed by atoms with E-state index in [9.17, 15) is 14.0 Å². The Morgan fingerprint density at radius 1 is 1.13 bits per heavy atom. The average Bonchev–Trinajstić information content (AvgIpc) is 3.24. The number of methoxy groups -OCH3 is 1. The molecule has 0 bridgehead atoms. The molecule has 2 unspecified atom stereocenters. The predicted molar refractivity (Wildman–Crippen MR) is 109 cm³/mol. The van der Waals surface area contributed by atoms with Gasteiger partial charge in [-0.3, -0.25) is 9.59 Å². The summed E-state index contributed by atoms with van der Waals surface area (Å²) in [7, 11) is 1.32. The minimum absolute atomic E-state index is 0.218. The molecule has 7 nitrogen and oxygen atoms in total. The van der Waals surface area contributed by atoms with E-state index in [1.807, 2.05) is 0 Å². The smallest absolute Gasteiger partial charge is 0.318 e. The number of ether oxygens (including phenoxy) is 1. The number of carbonyl (C=O) groups is 2. The number of amides is 1. The number of aromatic nitrogens is 2. The number of nitrogens with zero attached hydrogens (tertiary/aromatic N) is 2. The fourth-order valence-corrected chi connectivity index (χ4v) is 3.64. The van der Waals surface area contributed by atoms with Gasteiger partial charge < -0.3 is 14.6 Å². The Labute approximate surface area is 177 Å². The molecule has 1 N–H and O–H groups in total. The van der Waals surface area contributed by atoms with Crippen LogP contribution in [0.4, 0.5) is 4.39 Å². The quantitative estimate of drug-likeness (QED) is 0.448. The Morgan fingerprint density at radius 2 is 1.83 bits per heavy atom. The van der Waals surface area contributed by atoms with Crippen molar-refractivity contribution in [3.63, 3.8) is 0 Å². The van der Waals surface area contributed by atoms with E-state index >= 15 is 0 Å². The number of nitrogens with one attached hydrogen (secondary N) is 1. The van der Waals surface area contributed by atoms with Crippen LogP contribution in [-0.2, 0) is 9.53 Å². The summed E-state index contributed by atoms with van der Waals surface area (Å²) < 4.78 is 23.1. The van der Waals surface area contributed by atoms with E-state index < -0.39 is 11.3 Å². The lowest BCUT2D eigenvalue weighted by Gasteiger charge is -2.14. The molecule has 0 spiro atoms. The van der Waals surface area contributed by atoms with Gasteiger partial charge in [-0.05, 0) is 50.2 Å². The zero-order valence-corrected chi connectivity index (χ0v) is 17.4. The molecule has 0 saturated carbocycles. The third-order valence-corrected chi connectivity index (χ3v) is 5.39. The lowest BCUT2D eigenvalue weighted by atomic mass is 10.2. The summed E-state index contributed by atoms with van der Waals surface area (Å²) in [6.45, 7) is 3.43. The lowest BCUT2D eigenvalue weighted by molar-refractivity contribution is -0.139. The number of thioether (sulfide) groups is 1. The van der Waals surface area contributed by atoms with Gasteiger partial charge in [0.2, 0.25) is 11.7 Å². The molecular formula is C21H20FN3O4S. The van der Waals surface area contributed by atoms with Crippen LogP contribution >= 0.6 is 11.8 Å².